The largest absolute Gasteiger partial charge is 0.493 e. The van der Waals surface area contributed by atoms with Crippen molar-refractivity contribution in [2.24, 2.45) is 0 Å². The summed E-state index contributed by atoms with van der Waals surface area (Å²) in [6, 6.07) is 4.93. The fourth-order valence-corrected chi connectivity index (χ4v) is 1.38. The zero-order valence-corrected chi connectivity index (χ0v) is 11.4. The number of ether oxygens (including phenoxy) is 3. The lowest BCUT2D eigenvalue weighted by molar-refractivity contribution is -0.136. The third-order valence-electron chi connectivity index (χ3n) is 2.20. The number of rotatable bonds is 6. The van der Waals surface area contributed by atoms with E-state index in [4.69, 9.17) is 14.2 Å². The van der Waals surface area contributed by atoms with Crippen LogP contribution in [0.1, 0.15) is 12.5 Å². The van der Waals surface area contributed by atoms with Crippen LogP contribution in [0.15, 0.2) is 36.9 Å². The first-order chi connectivity index (χ1) is 9.56. The third kappa shape index (κ3) is 4.97. The van der Waals surface area contributed by atoms with Crippen LogP contribution in [-0.4, -0.2) is 25.7 Å². The van der Waals surface area contributed by atoms with Gasteiger partial charge in [-0.15, -0.1) is 0 Å². The molecular weight excluding hydrogens is 260 g/mol. The van der Waals surface area contributed by atoms with Crippen LogP contribution in [0.5, 0.6) is 11.5 Å². The Kier molecular flexibility index (Phi) is 6.03. The van der Waals surface area contributed by atoms with Crippen LogP contribution in [0.3, 0.4) is 0 Å². The molecule has 1 aromatic carbocycles. The molecular formula is C15H16O5. The molecule has 0 aliphatic heterocycles. The molecule has 0 aromatic heterocycles. The molecule has 0 saturated carbocycles. The molecule has 0 amide bonds. The van der Waals surface area contributed by atoms with E-state index < -0.39 is 11.9 Å². The Morgan fingerprint density at radius 2 is 2.05 bits per heavy atom. The van der Waals surface area contributed by atoms with Gasteiger partial charge in [-0.25, -0.2) is 4.79 Å². The van der Waals surface area contributed by atoms with Gasteiger partial charge in [0.1, 0.15) is 6.61 Å². The van der Waals surface area contributed by atoms with Gasteiger partial charge in [0, 0.05) is 13.0 Å². The minimum Gasteiger partial charge on any atom is -0.493 e. The molecule has 5 heteroatoms. The van der Waals surface area contributed by atoms with E-state index in [1.807, 2.05) is 0 Å². The maximum Gasteiger partial charge on any atom is 0.331 e. The summed E-state index contributed by atoms with van der Waals surface area (Å²) >= 11 is 0. The topological polar surface area (TPSA) is 61.8 Å². The highest BCUT2D eigenvalue weighted by molar-refractivity contribution is 5.87. The zero-order chi connectivity index (χ0) is 15.0. The van der Waals surface area contributed by atoms with E-state index >= 15 is 0 Å². The summed E-state index contributed by atoms with van der Waals surface area (Å²) < 4.78 is 14.9. The summed E-state index contributed by atoms with van der Waals surface area (Å²) in [5.74, 6) is -0.166. The van der Waals surface area contributed by atoms with Gasteiger partial charge in [-0.05, 0) is 23.8 Å². The molecule has 0 saturated heterocycles. The number of hydrogen-bond donors (Lipinski definition) is 0. The normalized spacial score (nSPS) is 10.1. The average Bonchev–Trinajstić information content (AvgIpc) is 2.43. The van der Waals surface area contributed by atoms with E-state index in [0.29, 0.717) is 17.1 Å². The average molecular weight is 276 g/mol. The van der Waals surface area contributed by atoms with Gasteiger partial charge in [-0.2, -0.15) is 0 Å². The number of carbonyl (C=O) groups excluding carboxylic acids is 2. The van der Waals surface area contributed by atoms with Gasteiger partial charge in [0.2, 0.25) is 0 Å². The van der Waals surface area contributed by atoms with E-state index in [2.05, 4.69) is 6.58 Å². The SMILES string of the molecule is C=CCOC(=O)/C=C/c1ccc(OC(C)=O)c(OC)c1. The molecule has 1 rings (SSSR count). The summed E-state index contributed by atoms with van der Waals surface area (Å²) in [5.41, 5.74) is 0.716. The van der Waals surface area contributed by atoms with Crippen molar-refractivity contribution >= 4 is 18.0 Å². The summed E-state index contributed by atoms with van der Waals surface area (Å²) in [4.78, 5) is 22.2. The van der Waals surface area contributed by atoms with Crippen LogP contribution >= 0.6 is 0 Å². The molecule has 0 N–H and O–H groups in total. The molecule has 20 heavy (non-hydrogen) atoms. The van der Waals surface area contributed by atoms with Gasteiger partial charge in [-0.3, -0.25) is 4.79 Å². The standard InChI is InChI=1S/C15H16O5/c1-4-9-19-15(17)8-6-12-5-7-13(20-11(2)16)14(10-12)18-3/h4-8,10H,1,9H2,2-3H3/b8-6+. The Morgan fingerprint density at radius 1 is 1.30 bits per heavy atom. The van der Waals surface area contributed by atoms with Crippen LogP contribution < -0.4 is 9.47 Å². The van der Waals surface area contributed by atoms with Crippen molar-refractivity contribution in [2.45, 2.75) is 6.92 Å². The van der Waals surface area contributed by atoms with E-state index in [9.17, 15) is 9.59 Å². The molecule has 1 aromatic rings. The van der Waals surface area contributed by atoms with Crippen molar-refractivity contribution in [1.82, 2.24) is 0 Å². The van der Waals surface area contributed by atoms with Crippen molar-refractivity contribution in [3.8, 4) is 11.5 Å². The molecule has 0 aliphatic carbocycles. The monoisotopic (exact) mass is 276 g/mol. The highest BCUT2D eigenvalue weighted by Gasteiger charge is 2.07. The van der Waals surface area contributed by atoms with Gasteiger partial charge in [-0.1, -0.05) is 18.7 Å². The second kappa shape index (κ2) is 7.78. The molecule has 0 atom stereocenters. The van der Waals surface area contributed by atoms with Gasteiger partial charge in [0.15, 0.2) is 11.5 Å². The molecule has 0 spiro atoms. The highest BCUT2D eigenvalue weighted by Crippen LogP contribution is 2.28. The first kappa shape index (κ1) is 15.5. The summed E-state index contributed by atoms with van der Waals surface area (Å²) in [6.07, 6.45) is 4.36. The van der Waals surface area contributed by atoms with E-state index in [1.54, 1.807) is 24.3 Å². The maximum atomic E-state index is 11.3. The number of methoxy groups -OCH3 is 1. The van der Waals surface area contributed by atoms with Gasteiger partial charge in [0.05, 0.1) is 7.11 Å². The molecule has 0 aliphatic rings. The van der Waals surface area contributed by atoms with Gasteiger partial charge < -0.3 is 14.2 Å². The van der Waals surface area contributed by atoms with Crippen molar-refractivity contribution in [1.29, 1.82) is 0 Å². The van der Waals surface area contributed by atoms with E-state index in [1.165, 1.54) is 26.2 Å². The van der Waals surface area contributed by atoms with Crippen molar-refractivity contribution in [2.75, 3.05) is 13.7 Å². The Balaban J connectivity index is 2.82. The molecule has 0 bridgehead atoms. The lowest BCUT2D eigenvalue weighted by Crippen LogP contribution is -2.03. The summed E-state index contributed by atoms with van der Waals surface area (Å²) in [7, 11) is 1.47. The predicted molar refractivity (Wildman–Crippen MR) is 74.5 cm³/mol. The second-order valence-corrected chi connectivity index (χ2v) is 3.76. The van der Waals surface area contributed by atoms with Crippen LogP contribution in [0, 0.1) is 0 Å². The van der Waals surface area contributed by atoms with Gasteiger partial charge in [0.25, 0.3) is 0 Å². The molecule has 106 valence electrons. The highest BCUT2D eigenvalue weighted by atomic mass is 16.6. The summed E-state index contributed by atoms with van der Waals surface area (Å²) in [6.45, 7) is 4.92. The summed E-state index contributed by atoms with van der Waals surface area (Å²) in [5, 5.41) is 0. The smallest absolute Gasteiger partial charge is 0.331 e. The van der Waals surface area contributed by atoms with Crippen molar-refractivity contribution in [3.63, 3.8) is 0 Å². The quantitative estimate of drug-likeness (QED) is 0.345. The van der Waals surface area contributed by atoms with Crippen LogP contribution in [0.4, 0.5) is 0 Å². The molecule has 0 unspecified atom stereocenters. The Hall–Kier alpha value is -2.56. The lowest BCUT2D eigenvalue weighted by Gasteiger charge is -2.08. The Labute approximate surface area is 117 Å². The van der Waals surface area contributed by atoms with E-state index in [0.717, 1.165) is 0 Å². The maximum absolute atomic E-state index is 11.3. The number of hydrogen-bond acceptors (Lipinski definition) is 5. The van der Waals surface area contributed by atoms with E-state index in [-0.39, 0.29) is 6.61 Å². The third-order valence-corrected chi connectivity index (χ3v) is 2.20. The zero-order valence-electron chi connectivity index (χ0n) is 11.4. The van der Waals surface area contributed by atoms with Gasteiger partial charge >= 0.3 is 11.9 Å². The predicted octanol–water partition coefficient (Wildman–Crippen LogP) is 2.36. The Morgan fingerprint density at radius 3 is 2.65 bits per heavy atom. The molecule has 0 fully saturated rings. The van der Waals surface area contributed by atoms with Crippen molar-refractivity contribution < 1.29 is 23.8 Å². The van der Waals surface area contributed by atoms with Crippen LogP contribution in [0.25, 0.3) is 6.08 Å². The van der Waals surface area contributed by atoms with Crippen molar-refractivity contribution in [3.05, 3.63) is 42.5 Å². The first-order valence-electron chi connectivity index (χ1n) is 5.89. The Bertz CT molecular complexity index is 531. The minimum absolute atomic E-state index is 0.165. The first-order valence-corrected chi connectivity index (χ1v) is 5.89. The number of carbonyl (C=O) groups is 2. The minimum atomic E-state index is -0.465. The fourth-order valence-electron chi connectivity index (χ4n) is 1.38. The van der Waals surface area contributed by atoms with Crippen LogP contribution in [0.2, 0.25) is 0 Å². The fraction of sp³-hybridized carbons (Fsp3) is 0.200. The second-order valence-electron chi connectivity index (χ2n) is 3.76. The molecule has 5 nitrogen and oxygen atoms in total. The number of benzene rings is 1. The lowest BCUT2D eigenvalue weighted by atomic mass is 10.2. The number of esters is 2. The van der Waals surface area contributed by atoms with Crippen LogP contribution in [-0.2, 0) is 14.3 Å². The molecule has 0 radical (unpaired) electrons. The molecule has 0 heterocycles.